The Labute approximate surface area is 145 Å². The average Bonchev–Trinajstić information content (AvgIpc) is 2.55. The van der Waals surface area contributed by atoms with Crippen LogP contribution in [0.15, 0.2) is 46.9 Å². The molecule has 0 aromatic heterocycles. The molecule has 124 valence electrons. The molecule has 0 spiro atoms. The van der Waals surface area contributed by atoms with Crippen LogP contribution in [0, 0.1) is 5.82 Å². The van der Waals surface area contributed by atoms with Gasteiger partial charge in [0.05, 0.1) is 0 Å². The summed E-state index contributed by atoms with van der Waals surface area (Å²) in [6, 6.07) is 12.6. The van der Waals surface area contributed by atoms with Crippen LogP contribution in [0.25, 0.3) is 0 Å². The number of rotatable bonds is 9. The van der Waals surface area contributed by atoms with Gasteiger partial charge in [-0.15, -0.1) is 0 Å². The Morgan fingerprint density at radius 3 is 2.70 bits per heavy atom. The molecule has 0 saturated carbocycles. The van der Waals surface area contributed by atoms with Crippen molar-refractivity contribution in [1.29, 1.82) is 0 Å². The minimum absolute atomic E-state index is 0.223. The Bertz CT molecular complexity index is 622. The van der Waals surface area contributed by atoms with Crippen LogP contribution in [-0.4, -0.2) is 20.1 Å². The number of hydrogen-bond acceptors (Lipinski definition) is 3. The van der Waals surface area contributed by atoms with Crippen molar-refractivity contribution >= 4 is 15.9 Å². The zero-order valence-electron chi connectivity index (χ0n) is 13.2. The highest BCUT2D eigenvalue weighted by atomic mass is 79.9. The van der Waals surface area contributed by atoms with Gasteiger partial charge in [-0.1, -0.05) is 34.1 Å². The highest BCUT2D eigenvalue weighted by Crippen LogP contribution is 2.24. The van der Waals surface area contributed by atoms with Crippen molar-refractivity contribution in [1.82, 2.24) is 10.6 Å². The minimum Gasteiger partial charge on any atom is -0.488 e. The first-order valence-corrected chi connectivity index (χ1v) is 8.50. The summed E-state index contributed by atoms with van der Waals surface area (Å²) < 4.78 is 20.5. The van der Waals surface area contributed by atoms with Crippen LogP contribution >= 0.6 is 15.9 Å². The summed E-state index contributed by atoms with van der Waals surface area (Å²) in [6.07, 6.45) is 1.07. The standard InChI is InChI=1S/C18H22BrFN2O/c1-21-9-4-10-22-12-15-11-16(19)7-8-18(15)23-13-14-5-2-3-6-17(14)20/h2-3,5-8,11,21-22H,4,9-10,12-13H2,1H3. The van der Waals surface area contributed by atoms with Gasteiger partial charge >= 0.3 is 0 Å². The lowest BCUT2D eigenvalue weighted by atomic mass is 10.2. The van der Waals surface area contributed by atoms with Gasteiger partial charge in [-0.05, 0) is 50.8 Å². The Morgan fingerprint density at radius 2 is 1.91 bits per heavy atom. The summed E-state index contributed by atoms with van der Waals surface area (Å²) in [5.41, 5.74) is 1.61. The molecule has 3 nitrogen and oxygen atoms in total. The van der Waals surface area contributed by atoms with Crippen molar-refractivity contribution < 1.29 is 9.13 Å². The molecule has 2 aromatic rings. The van der Waals surface area contributed by atoms with E-state index in [0.717, 1.165) is 41.8 Å². The van der Waals surface area contributed by atoms with E-state index in [1.807, 2.05) is 31.3 Å². The van der Waals surface area contributed by atoms with Crippen molar-refractivity contribution in [3.05, 3.63) is 63.9 Å². The molecule has 2 aromatic carbocycles. The van der Waals surface area contributed by atoms with E-state index >= 15 is 0 Å². The first-order valence-electron chi connectivity index (χ1n) is 7.70. The molecule has 0 aliphatic heterocycles. The van der Waals surface area contributed by atoms with Crippen LogP contribution in [-0.2, 0) is 13.2 Å². The predicted molar refractivity (Wildman–Crippen MR) is 95.1 cm³/mol. The van der Waals surface area contributed by atoms with E-state index in [0.29, 0.717) is 5.56 Å². The van der Waals surface area contributed by atoms with Gasteiger partial charge in [0.1, 0.15) is 18.2 Å². The maximum Gasteiger partial charge on any atom is 0.129 e. The second-order valence-electron chi connectivity index (χ2n) is 5.27. The number of halogens is 2. The lowest BCUT2D eigenvalue weighted by molar-refractivity contribution is 0.296. The van der Waals surface area contributed by atoms with Crippen LogP contribution in [0.3, 0.4) is 0 Å². The maximum atomic E-state index is 13.7. The van der Waals surface area contributed by atoms with Crippen LogP contribution in [0.4, 0.5) is 4.39 Å². The molecule has 0 amide bonds. The van der Waals surface area contributed by atoms with Gasteiger partial charge in [0.15, 0.2) is 0 Å². The van der Waals surface area contributed by atoms with E-state index in [9.17, 15) is 4.39 Å². The van der Waals surface area contributed by atoms with Gasteiger partial charge in [-0.2, -0.15) is 0 Å². The normalized spacial score (nSPS) is 10.7. The molecule has 0 fully saturated rings. The number of nitrogens with one attached hydrogen (secondary N) is 2. The molecule has 0 radical (unpaired) electrons. The van der Waals surface area contributed by atoms with Crippen LogP contribution in [0.1, 0.15) is 17.5 Å². The largest absolute Gasteiger partial charge is 0.488 e. The Kier molecular flexibility index (Phi) is 7.52. The summed E-state index contributed by atoms with van der Waals surface area (Å²) >= 11 is 3.48. The van der Waals surface area contributed by atoms with Crippen molar-refractivity contribution in [3.8, 4) is 5.75 Å². The third-order valence-corrected chi connectivity index (χ3v) is 3.95. The molecule has 2 N–H and O–H groups in total. The predicted octanol–water partition coefficient (Wildman–Crippen LogP) is 3.87. The molecule has 2 rings (SSSR count). The van der Waals surface area contributed by atoms with Gasteiger partial charge in [0.2, 0.25) is 0 Å². The maximum absolute atomic E-state index is 13.7. The van der Waals surface area contributed by atoms with Crippen molar-refractivity contribution in [3.63, 3.8) is 0 Å². The topological polar surface area (TPSA) is 33.3 Å². The van der Waals surface area contributed by atoms with Crippen LogP contribution < -0.4 is 15.4 Å². The van der Waals surface area contributed by atoms with E-state index < -0.39 is 0 Å². The van der Waals surface area contributed by atoms with E-state index in [-0.39, 0.29) is 12.4 Å². The Morgan fingerprint density at radius 1 is 1.09 bits per heavy atom. The molecule has 0 unspecified atom stereocenters. The molecule has 0 aliphatic rings. The van der Waals surface area contributed by atoms with E-state index in [4.69, 9.17) is 4.74 Å². The first kappa shape index (κ1) is 17.9. The van der Waals surface area contributed by atoms with Crippen molar-refractivity contribution in [2.75, 3.05) is 20.1 Å². The van der Waals surface area contributed by atoms with E-state index in [1.165, 1.54) is 6.07 Å². The first-order chi connectivity index (χ1) is 11.2. The summed E-state index contributed by atoms with van der Waals surface area (Å²) in [6.45, 7) is 2.86. The minimum atomic E-state index is -0.239. The molecular formula is C18H22BrFN2O. The molecule has 0 saturated heterocycles. The van der Waals surface area contributed by atoms with Gasteiger partial charge in [-0.25, -0.2) is 4.39 Å². The summed E-state index contributed by atoms with van der Waals surface area (Å²) in [4.78, 5) is 0. The number of ether oxygens (including phenoxy) is 1. The average molecular weight is 381 g/mol. The smallest absolute Gasteiger partial charge is 0.129 e. The second kappa shape index (κ2) is 9.65. The number of benzene rings is 2. The Balaban J connectivity index is 1.96. The van der Waals surface area contributed by atoms with Gasteiger partial charge in [0, 0.05) is 22.1 Å². The molecule has 5 heteroatoms. The molecule has 23 heavy (non-hydrogen) atoms. The molecule has 0 atom stereocenters. The van der Waals surface area contributed by atoms with E-state index in [1.54, 1.807) is 12.1 Å². The lowest BCUT2D eigenvalue weighted by Gasteiger charge is -2.13. The van der Waals surface area contributed by atoms with Gasteiger partial charge in [-0.3, -0.25) is 0 Å². The quantitative estimate of drug-likeness (QED) is 0.647. The van der Waals surface area contributed by atoms with Crippen molar-refractivity contribution in [2.45, 2.75) is 19.6 Å². The fraction of sp³-hybridized carbons (Fsp3) is 0.333. The summed E-state index contributed by atoms with van der Waals surface area (Å²) in [5.74, 6) is 0.536. The zero-order valence-corrected chi connectivity index (χ0v) is 14.8. The third-order valence-electron chi connectivity index (χ3n) is 3.46. The highest BCUT2D eigenvalue weighted by Gasteiger charge is 2.07. The molecule has 0 aliphatic carbocycles. The number of hydrogen-bond donors (Lipinski definition) is 2. The Hall–Kier alpha value is -1.43. The zero-order chi connectivity index (χ0) is 16.5. The fourth-order valence-electron chi connectivity index (χ4n) is 2.21. The monoisotopic (exact) mass is 380 g/mol. The third kappa shape index (κ3) is 5.94. The highest BCUT2D eigenvalue weighted by molar-refractivity contribution is 9.10. The van der Waals surface area contributed by atoms with E-state index in [2.05, 4.69) is 26.6 Å². The summed E-state index contributed by atoms with van der Waals surface area (Å²) in [7, 11) is 1.95. The van der Waals surface area contributed by atoms with Gasteiger partial charge < -0.3 is 15.4 Å². The van der Waals surface area contributed by atoms with Crippen LogP contribution in [0.2, 0.25) is 0 Å². The van der Waals surface area contributed by atoms with Gasteiger partial charge in [0.25, 0.3) is 0 Å². The molecular weight excluding hydrogens is 359 g/mol. The summed E-state index contributed by atoms with van der Waals surface area (Å²) in [5, 5.41) is 6.52. The van der Waals surface area contributed by atoms with Crippen LogP contribution in [0.5, 0.6) is 5.75 Å². The molecule has 0 bridgehead atoms. The second-order valence-corrected chi connectivity index (χ2v) is 6.18. The van der Waals surface area contributed by atoms with Crippen molar-refractivity contribution in [2.24, 2.45) is 0 Å². The fourth-order valence-corrected chi connectivity index (χ4v) is 2.62. The SMILES string of the molecule is CNCCCNCc1cc(Br)ccc1OCc1ccccc1F. The molecule has 0 heterocycles. The lowest BCUT2D eigenvalue weighted by Crippen LogP contribution is -2.19.